The van der Waals surface area contributed by atoms with Gasteiger partial charge in [0.1, 0.15) is 6.17 Å². The fourth-order valence-electron chi connectivity index (χ4n) is 3.29. The number of para-hydroxylation sites is 1. The van der Waals surface area contributed by atoms with Gasteiger partial charge in [-0.25, -0.2) is 4.39 Å². The van der Waals surface area contributed by atoms with E-state index in [0.717, 1.165) is 24.3 Å². The molecule has 0 saturated carbocycles. The van der Waals surface area contributed by atoms with Crippen molar-refractivity contribution in [2.75, 3.05) is 37.7 Å². The molecule has 2 heterocycles. The molecule has 6 heteroatoms. The van der Waals surface area contributed by atoms with E-state index in [9.17, 15) is 9.18 Å². The van der Waals surface area contributed by atoms with E-state index in [1.165, 1.54) is 0 Å². The predicted molar refractivity (Wildman–Crippen MR) is 82.4 cm³/mol. The number of hydrogen-bond donors (Lipinski definition) is 1. The van der Waals surface area contributed by atoms with Gasteiger partial charge in [0.25, 0.3) is 0 Å². The van der Waals surface area contributed by atoms with Gasteiger partial charge in [-0.1, -0.05) is 18.2 Å². The number of carbonyl (C=O) groups is 1. The summed E-state index contributed by atoms with van der Waals surface area (Å²) in [6.07, 6.45) is -0.775. The van der Waals surface area contributed by atoms with Crippen molar-refractivity contribution in [1.82, 2.24) is 4.90 Å². The first-order chi connectivity index (χ1) is 10.6. The normalized spacial score (nSPS) is 26.3. The molecule has 1 aromatic rings. The first kappa shape index (κ1) is 15.2. The third-order valence-electron chi connectivity index (χ3n) is 4.40. The van der Waals surface area contributed by atoms with Crippen LogP contribution in [0.4, 0.5) is 10.1 Å². The molecule has 2 atom stereocenters. The number of rotatable bonds is 4. The Balaban J connectivity index is 1.78. The highest BCUT2D eigenvalue weighted by Gasteiger charge is 2.36. The smallest absolute Gasteiger partial charge is 0.234 e. The van der Waals surface area contributed by atoms with Gasteiger partial charge in [0.2, 0.25) is 5.91 Å². The van der Waals surface area contributed by atoms with Crippen LogP contribution in [0, 0.1) is 0 Å². The van der Waals surface area contributed by atoms with Gasteiger partial charge in [0.05, 0.1) is 19.3 Å². The van der Waals surface area contributed by atoms with Gasteiger partial charge < -0.3 is 15.4 Å². The number of benzene rings is 1. The van der Waals surface area contributed by atoms with Gasteiger partial charge in [-0.2, -0.15) is 0 Å². The van der Waals surface area contributed by atoms with Gasteiger partial charge in [-0.3, -0.25) is 9.69 Å². The van der Waals surface area contributed by atoms with Crippen LogP contribution in [0.25, 0.3) is 0 Å². The Labute approximate surface area is 129 Å². The number of carbonyl (C=O) groups excluding carboxylic acids is 1. The van der Waals surface area contributed by atoms with Crippen LogP contribution in [-0.4, -0.2) is 55.9 Å². The Bertz CT molecular complexity index is 534. The Morgan fingerprint density at radius 2 is 2.05 bits per heavy atom. The summed E-state index contributed by atoms with van der Waals surface area (Å²) in [7, 11) is 0. The van der Waals surface area contributed by atoms with Gasteiger partial charge in [0.15, 0.2) is 0 Å². The number of amides is 1. The first-order valence-electron chi connectivity index (χ1n) is 7.73. The first-order valence-corrected chi connectivity index (χ1v) is 7.73. The number of likely N-dealkylation sites (tertiary alicyclic amines) is 1. The Kier molecular flexibility index (Phi) is 4.59. The van der Waals surface area contributed by atoms with E-state index in [-0.39, 0.29) is 13.0 Å². The van der Waals surface area contributed by atoms with E-state index in [4.69, 9.17) is 10.5 Å². The summed E-state index contributed by atoms with van der Waals surface area (Å²) < 4.78 is 19.1. The highest BCUT2D eigenvalue weighted by molar-refractivity contribution is 5.80. The summed E-state index contributed by atoms with van der Waals surface area (Å²) >= 11 is 0. The molecule has 0 bridgehead atoms. The lowest BCUT2D eigenvalue weighted by molar-refractivity contribution is -0.122. The molecule has 3 rings (SSSR count). The van der Waals surface area contributed by atoms with E-state index in [1.807, 2.05) is 23.1 Å². The van der Waals surface area contributed by atoms with Gasteiger partial charge in [-0.15, -0.1) is 0 Å². The van der Waals surface area contributed by atoms with Gasteiger partial charge in [0, 0.05) is 38.3 Å². The number of alkyl halides is 1. The zero-order valence-corrected chi connectivity index (χ0v) is 12.6. The van der Waals surface area contributed by atoms with Crippen molar-refractivity contribution in [2.45, 2.75) is 25.2 Å². The molecule has 120 valence electrons. The minimum absolute atomic E-state index is 0.203. The third kappa shape index (κ3) is 3.23. The number of nitrogens with zero attached hydrogens (tertiary/aromatic N) is 2. The van der Waals surface area contributed by atoms with Crippen LogP contribution < -0.4 is 10.6 Å². The fraction of sp³-hybridized carbons (Fsp3) is 0.562. The molecule has 22 heavy (non-hydrogen) atoms. The van der Waals surface area contributed by atoms with Crippen molar-refractivity contribution in [3.8, 4) is 0 Å². The molecule has 0 spiro atoms. The topological polar surface area (TPSA) is 58.8 Å². The average Bonchev–Trinajstić information content (AvgIpc) is 2.89. The average molecular weight is 307 g/mol. The molecule has 0 radical (unpaired) electrons. The molecule has 5 nitrogen and oxygen atoms in total. The summed E-state index contributed by atoms with van der Waals surface area (Å²) in [5, 5.41) is 0. The van der Waals surface area contributed by atoms with Crippen molar-refractivity contribution in [3.05, 3.63) is 29.8 Å². The standard InChI is InChI=1S/C16H22FN3O2/c17-13-9-15(16(18)21)20(11-13)10-12-3-1-2-4-14(12)19-5-7-22-8-6-19/h1-4,13,15H,5-11H2,(H2,18,21)/t13-,15+/m1/s1. The maximum Gasteiger partial charge on any atom is 0.234 e. The predicted octanol–water partition coefficient (Wildman–Crippen LogP) is 0.921. The van der Waals surface area contributed by atoms with Crippen LogP contribution in [-0.2, 0) is 16.1 Å². The second-order valence-corrected chi connectivity index (χ2v) is 5.91. The van der Waals surface area contributed by atoms with E-state index in [2.05, 4.69) is 11.0 Å². The van der Waals surface area contributed by atoms with Crippen molar-refractivity contribution in [2.24, 2.45) is 5.73 Å². The number of hydrogen-bond acceptors (Lipinski definition) is 4. The number of morpholine rings is 1. The van der Waals surface area contributed by atoms with E-state index < -0.39 is 18.1 Å². The third-order valence-corrected chi connectivity index (χ3v) is 4.40. The second kappa shape index (κ2) is 6.62. The molecule has 2 aliphatic rings. The van der Waals surface area contributed by atoms with Crippen LogP contribution in [0.2, 0.25) is 0 Å². The molecule has 2 saturated heterocycles. The van der Waals surface area contributed by atoms with Gasteiger partial charge >= 0.3 is 0 Å². The quantitative estimate of drug-likeness (QED) is 0.899. The second-order valence-electron chi connectivity index (χ2n) is 5.91. The highest BCUT2D eigenvalue weighted by Crippen LogP contribution is 2.27. The molecular formula is C16H22FN3O2. The molecule has 2 N–H and O–H groups in total. The van der Waals surface area contributed by atoms with Crippen molar-refractivity contribution >= 4 is 11.6 Å². The summed E-state index contributed by atoms with van der Waals surface area (Å²) in [6.45, 7) is 3.94. The van der Waals surface area contributed by atoms with Crippen molar-refractivity contribution in [3.63, 3.8) is 0 Å². The monoisotopic (exact) mass is 307 g/mol. The van der Waals surface area contributed by atoms with Crippen LogP contribution >= 0.6 is 0 Å². The lowest BCUT2D eigenvalue weighted by Crippen LogP contribution is -2.41. The zero-order chi connectivity index (χ0) is 15.5. The van der Waals surface area contributed by atoms with Crippen LogP contribution in [0.15, 0.2) is 24.3 Å². The number of anilines is 1. The molecule has 2 aliphatic heterocycles. The molecular weight excluding hydrogens is 285 g/mol. The summed E-state index contributed by atoms with van der Waals surface area (Å²) in [5.74, 6) is -0.441. The minimum atomic E-state index is -0.979. The number of nitrogens with two attached hydrogens (primary N) is 1. The molecule has 1 aromatic carbocycles. The largest absolute Gasteiger partial charge is 0.378 e. The Hall–Kier alpha value is -1.66. The maximum absolute atomic E-state index is 13.7. The lowest BCUT2D eigenvalue weighted by atomic mass is 10.1. The molecule has 0 unspecified atom stereocenters. The SMILES string of the molecule is NC(=O)[C@@H]1C[C@@H](F)CN1Cc1ccccc1N1CCOCC1. The summed E-state index contributed by atoms with van der Waals surface area (Å²) in [5.41, 5.74) is 7.65. The summed E-state index contributed by atoms with van der Waals surface area (Å²) in [4.78, 5) is 15.7. The lowest BCUT2D eigenvalue weighted by Gasteiger charge is -2.32. The molecule has 0 aliphatic carbocycles. The minimum Gasteiger partial charge on any atom is -0.378 e. The van der Waals surface area contributed by atoms with Gasteiger partial charge in [-0.05, 0) is 11.6 Å². The fourth-order valence-corrected chi connectivity index (χ4v) is 3.29. The highest BCUT2D eigenvalue weighted by atomic mass is 19.1. The molecule has 0 aromatic heterocycles. The Morgan fingerprint density at radius 3 is 2.77 bits per heavy atom. The van der Waals surface area contributed by atoms with Crippen molar-refractivity contribution in [1.29, 1.82) is 0 Å². The number of halogens is 1. The number of ether oxygens (including phenoxy) is 1. The van der Waals surface area contributed by atoms with Crippen LogP contribution in [0.3, 0.4) is 0 Å². The van der Waals surface area contributed by atoms with E-state index >= 15 is 0 Å². The Morgan fingerprint density at radius 1 is 1.32 bits per heavy atom. The maximum atomic E-state index is 13.7. The van der Waals surface area contributed by atoms with Crippen LogP contribution in [0.5, 0.6) is 0 Å². The van der Waals surface area contributed by atoms with Crippen LogP contribution in [0.1, 0.15) is 12.0 Å². The number of primary amides is 1. The van der Waals surface area contributed by atoms with Crippen molar-refractivity contribution < 1.29 is 13.9 Å². The molecule has 1 amide bonds. The zero-order valence-electron chi connectivity index (χ0n) is 12.6. The van der Waals surface area contributed by atoms with E-state index in [0.29, 0.717) is 19.8 Å². The summed E-state index contributed by atoms with van der Waals surface area (Å²) in [6, 6.07) is 7.58. The van der Waals surface area contributed by atoms with E-state index in [1.54, 1.807) is 0 Å². The molecule has 2 fully saturated rings.